The first kappa shape index (κ1) is 11.4. The minimum atomic E-state index is -0.254. The maximum Gasteiger partial charge on any atom is 0.264 e. The van der Waals surface area contributed by atoms with Gasteiger partial charge in [0, 0.05) is 11.6 Å². The van der Waals surface area contributed by atoms with Gasteiger partial charge >= 0.3 is 0 Å². The van der Waals surface area contributed by atoms with Crippen LogP contribution in [-0.2, 0) is 6.42 Å². The van der Waals surface area contributed by atoms with E-state index in [4.69, 9.17) is 10.3 Å². The Hall–Kier alpha value is -2.11. The van der Waals surface area contributed by atoms with Gasteiger partial charge < -0.3 is 10.3 Å². The summed E-state index contributed by atoms with van der Waals surface area (Å²) in [5.74, 6) is 0.736. The van der Waals surface area contributed by atoms with Gasteiger partial charge in [-0.05, 0) is 18.4 Å². The second kappa shape index (κ2) is 4.40. The molecule has 0 bridgehead atoms. The van der Waals surface area contributed by atoms with Crippen LogP contribution in [0.15, 0.2) is 21.5 Å². The van der Waals surface area contributed by atoms with Crippen molar-refractivity contribution in [3.05, 3.63) is 28.0 Å². The van der Waals surface area contributed by atoms with Gasteiger partial charge in [-0.25, -0.2) is 5.10 Å². The summed E-state index contributed by atoms with van der Waals surface area (Å²) in [7, 11) is 0. The highest BCUT2D eigenvalue weighted by molar-refractivity contribution is 5.63. The van der Waals surface area contributed by atoms with Crippen molar-refractivity contribution >= 4 is 5.88 Å². The number of aromatic nitrogens is 3. The van der Waals surface area contributed by atoms with Gasteiger partial charge in [0.25, 0.3) is 5.56 Å². The van der Waals surface area contributed by atoms with Gasteiger partial charge in [-0.3, -0.25) is 4.79 Å². The molecule has 2 rings (SSSR count). The van der Waals surface area contributed by atoms with Crippen LogP contribution in [0.25, 0.3) is 11.4 Å². The van der Waals surface area contributed by atoms with E-state index in [1.165, 1.54) is 6.07 Å². The van der Waals surface area contributed by atoms with E-state index >= 15 is 0 Å². The molecule has 0 aliphatic carbocycles. The lowest BCUT2D eigenvalue weighted by molar-refractivity contribution is 0.437. The van der Waals surface area contributed by atoms with E-state index in [0.29, 0.717) is 23.2 Å². The molecule has 6 heteroatoms. The fraction of sp³-hybridized carbons (Fsp3) is 0.364. The highest BCUT2D eigenvalue weighted by Crippen LogP contribution is 2.27. The molecular formula is C11H14N4O2. The Morgan fingerprint density at radius 2 is 2.24 bits per heavy atom. The van der Waals surface area contributed by atoms with Gasteiger partial charge in [-0.15, -0.1) is 0 Å². The average Bonchev–Trinajstić information content (AvgIpc) is 2.61. The second-order valence-electron chi connectivity index (χ2n) is 4.28. The molecular weight excluding hydrogens is 220 g/mol. The number of anilines is 1. The molecule has 0 aromatic carbocycles. The molecule has 0 unspecified atom stereocenters. The van der Waals surface area contributed by atoms with Crippen LogP contribution in [-0.4, -0.2) is 15.4 Å². The molecule has 0 aliphatic heterocycles. The zero-order valence-corrected chi connectivity index (χ0v) is 9.73. The fourth-order valence-electron chi connectivity index (χ4n) is 1.60. The molecule has 2 aromatic heterocycles. The van der Waals surface area contributed by atoms with E-state index in [0.717, 1.165) is 12.0 Å². The molecule has 6 nitrogen and oxygen atoms in total. The van der Waals surface area contributed by atoms with Crippen LogP contribution >= 0.6 is 0 Å². The van der Waals surface area contributed by atoms with E-state index in [1.807, 2.05) is 0 Å². The molecule has 0 atom stereocenters. The highest BCUT2D eigenvalue weighted by Gasteiger charge is 2.17. The molecule has 2 heterocycles. The minimum absolute atomic E-state index is 0.254. The van der Waals surface area contributed by atoms with Crippen molar-refractivity contribution < 1.29 is 4.52 Å². The highest BCUT2D eigenvalue weighted by atomic mass is 16.5. The molecule has 0 radical (unpaired) electrons. The van der Waals surface area contributed by atoms with Crippen molar-refractivity contribution in [1.82, 2.24) is 15.4 Å². The number of nitrogens with zero attached hydrogens (tertiary/aromatic N) is 2. The Bertz CT molecular complexity index is 551. The van der Waals surface area contributed by atoms with Gasteiger partial charge in [-0.2, -0.15) is 5.10 Å². The molecule has 0 amide bonds. The number of aromatic amines is 1. The quantitative estimate of drug-likeness (QED) is 0.831. The Morgan fingerprint density at radius 3 is 2.82 bits per heavy atom. The van der Waals surface area contributed by atoms with Crippen LogP contribution in [0.1, 0.15) is 19.4 Å². The lowest BCUT2D eigenvalue weighted by Crippen LogP contribution is -2.06. The van der Waals surface area contributed by atoms with Crippen molar-refractivity contribution in [2.24, 2.45) is 5.92 Å². The lowest BCUT2D eigenvalue weighted by Gasteiger charge is -2.04. The van der Waals surface area contributed by atoms with E-state index < -0.39 is 0 Å². The Kier molecular flexibility index (Phi) is 2.95. The first-order chi connectivity index (χ1) is 8.08. The van der Waals surface area contributed by atoms with E-state index in [2.05, 4.69) is 29.2 Å². The molecule has 0 saturated carbocycles. The molecule has 2 aromatic rings. The second-order valence-corrected chi connectivity index (χ2v) is 4.28. The third kappa shape index (κ3) is 2.35. The first-order valence-corrected chi connectivity index (χ1v) is 5.38. The predicted octanol–water partition coefficient (Wildman–Crippen LogP) is 1.21. The molecule has 90 valence electrons. The third-order valence-electron chi connectivity index (χ3n) is 2.35. The van der Waals surface area contributed by atoms with Gasteiger partial charge in [0.05, 0.1) is 0 Å². The summed E-state index contributed by atoms with van der Waals surface area (Å²) in [4.78, 5) is 10.9. The summed E-state index contributed by atoms with van der Waals surface area (Å²) in [6, 6.07) is 2.99. The summed E-state index contributed by atoms with van der Waals surface area (Å²) >= 11 is 0. The van der Waals surface area contributed by atoms with Crippen LogP contribution in [0, 0.1) is 5.92 Å². The van der Waals surface area contributed by atoms with Crippen LogP contribution in [0.3, 0.4) is 0 Å². The van der Waals surface area contributed by atoms with Gasteiger partial charge in [0.1, 0.15) is 11.4 Å². The standard InChI is InChI=1S/C11H14N4O2/c1-6(2)5-7-10(15-17-11(7)12)8-3-4-9(16)14-13-8/h3-4,6H,5,12H2,1-2H3,(H,14,16). The van der Waals surface area contributed by atoms with Gasteiger partial charge in [0.2, 0.25) is 5.88 Å². The number of nitrogens with one attached hydrogen (secondary N) is 1. The zero-order chi connectivity index (χ0) is 12.4. The largest absolute Gasteiger partial charge is 0.367 e. The number of hydrogen-bond donors (Lipinski definition) is 2. The van der Waals surface area contributed by atoms with Crippen molar-refractivity contribution in [2.45, 2.75) is 20.3 Å². The summed E-state index contributed by atoms with van der Waals surface area (Å²) in [5.41, 5.74) is 7.45. The van der Waals surface area contributed by atoms with Crippen LogP contribution < -0.4 is 11.3 Å². The maximum absolute atomic E-state index is 10.9. The van der Waals surface area contributed by atoms with Crippen LogP contribution in [0.4, 0.5) is 5.88 Å². The summed E-state index contributed by atoms with van der Waals surface area (Å²) < 4.78 is 4.98. The topological polar surface area (TPSA) is 97.8 Å². The predicted molar refractivity (Wildman–Crippen MR) is 63.3 cm³/mol. The number of rotatable bonds is 3. The molecule has 0 saturated heterocycles. The van der Waals surface area contributed by atoms with Crippen LogP contribution in [0.5, 0.6) is 0 Å². The number of hydrogen-bond acceptors (Lipinski definition) is 5. The average molecular weight is 234 g/mol. The SMILES string of the molecule is CC(C)Cc1c(-c2ccc(=O)[nH]n2)noc1N. The maximum atomic E-state index is 10.9. The van der Waals surface area contributed by atoms with Crippen LogP contribution in [0.2, 0.25) is 0 Å². The van der Waals surface area contributed by atoms with Crippen molar-refractivity contribution in [2.75, 3.05) is 5.73 Å². The Balaban J connectivity index is 2.45. The van der Waals surface area contributed by atoms with E-state index in [-0.39, 0.29) is 5.56 Å². The van der Waals surface area contributed by atoms with Crippen molar-refractivity contribution in [3.63, 3.8) is 0 Å². The molecule has 0 spiro atoms. The smallest absolute Gasteiger partial charge is 0.264 e. The molecule has 17 heavy (non-hydrogen) atoms. The van der Waals surface area contributed by atoms with Gasteiger partial charge in [-0.1, -0.05) is 19.0 Å². The lowest BCUT2D eigenvalue weighted by atomic mass is 10.0. The Labute approximate surface area is 97.8 Å². The first-order valence-electron chi connectivity index (χ1n) is 5.38. The van der Waals surface area contributed by atoms with E-state index in [9.17, 15) is 4.79 Å². The number of H-pyrrole nitrogens is 1. The van der Waals surface area contributed by atoms with Gasteiger partial charge in [0.15, 0.2) is 0 Å². The summed E-state index contributed by atoms with van der Waals surface area (Å²) in [5, 5.41) is 10.2. The Morgan fingerprint density at radius 1 is 1.47 bits per heavy atom. The summed E-state index contributed by atoms with van der Waals surface area (Å²) in [6.07, 6.45) is 0.755. The normalized spacial score (nSPS) is 11.0. The molecule has 3 N–H and O–H groups in total. The monoisotopic (exact) mass is 234 g/mol. The van der Waals surface area contributed by atoms with E-state index in [1.54, 1.807) is 6.07 Å². The number of nitrogens with two attached hydrogens (primary N) is 1. The molecule has 0 aliphatic rings. The zero-order valence-electron chi connectivity index (χ0n) is 9.73. The third-order valence-corrected chi connectivity index (χ3v) is 2.35. The fourth-order valence-corrected chi connectivity index (χ4v) is 1.60. The number of nitrogen functional groups attached to an aromatic ring is 1. The van der Waals surface area contributed by atoms with Crippen molar-refractivity contribution in [1.29, 1.82) is 0 Å². The molecule has 0 fully saturated rings. The van der Waals surface area contributed by atoms with Crippen molar-refractivity contribution in [3.8, 4) is 11.4 Å². The summed E-state index contributed by atoms with van der Waals surface area (Å²) in [6.45, 7) is 4.16. The minimum Gasteiger partial charge on any atom is -0.367 e.